The monoisotopic (exact) mass is 221 g/mol. The van der Waals surface area contributed by atoms with Gasteiger partial charge in [-0.3, -0.25) is 4.90 Å². The Bertz CT molecular complexity index is 400. The Labute approximate surface area is 94.1 Å². The molecule has 1 aromatic rings. The van der Waals surface area contributed by atoms with Crippen LogP contribution in [0.3, 0.4) is 0 Å². The zero-order valence-corrected chi connectivity index (χ0v) is 9.31. The van der Waals surface area contributed by atoms with Gasteiger partial charge >= 0.3 is 5.97 Å². The Hall–Kier alpha value is -1.49. The minimum absolute atomic E-state index is 0.115. The molecule has 5 nitrogen and oxygen atoms in total. The highest BCUT2D eigenvalue weighted by Crippen LogP contribution is 2.11. The number of aromatic nitrogens is 2. The highest BCUT2D eigenvalue weighted by Gasteiger charge is 2.15. The minimum atomic E-state index is -0.984. The Kier molecular flexibility index (Phi) is 3.14. The standard InChI is InChI=1S/C11H15N3O2/c1-8-6-12-9(13-10(8)11(15)16)7-14-4-2-3-5-14/h6H,2-5,7H2,1H3,(H,15,16). The maximum atomic E-state index is 10.9. The number of rotatable bonds is 3. The molecule has 1 N–H and O–H groups in total. The molecule has 0 bridgehead atoms. The molecule has 0 aliphatic carbocycles. The number of likely N-dealkylation sites (tertiary alicyclic amines) is 1. The summed E-state index contributed by atoms with van der Waals surface area (Å²) in [6, 6.07) is 0. The van der Waals surface area contributed by atoms with Crippen molar-refractivity contribution in [2.24, 2.45) is 0 Å². The van der Waals surface area contributed by atoms with Gasteiger partial charge in [0.05, 0.1) is 6.54 Å². The molecule has 0 radical (unpaired) electrons. The lowest BCUT2D eigenvalue weighted by atomic mass is 10.2. The highest BCUT2D eigenvalue weighted by molar-refractivity contribution is 5.86. The lowest BCUT2D eigenvalue weighted by Gasteiger charge is -2.13. The third kappa shape index (κ3) is 2.36. The van der Waals surface area contributed by atoms with Gasteiger partial charge in [-0.2, -0.15) is 0 Å². The van der Waals surface area contributed by atoms with Crippen LogP contribution in [0.4, 0.5) is 0 Å². The first-order chi connectivity index (χ1) is 7.66. The van der Waals surface area contributed by atoms with Crippen molar-refractivity contribution in [1.82, 2.24) is 14.9 Å². The molecule has 1 saturated heterocycles. The molecule has 0 atom stereocenters. The van der Waals surface area contributed by atoms with Crippen molar-refractivity contribution in [2.45, 2.75) is 26.3 Å². The lowest BCUT2D eigenvalue weighted by molar-refractivity contribution is 0.0688. The zero-order valence-electron chi connectivity index (χ0n) is 9.31. The van der Waals surface area contributed by atoms with Crippen LogP contribution in [0.25, 0.3) is 0 Å². The number of hydrogen-bond acceptors (Lipinski definition) is 4. The normalized spacial score (nSPS) is 16.6. The molecule has 86 valence electrons. The third-order valence-electron chi connectivity index (χ3n) is 2.79. The van der Waals surface area contributed by atoms with Gasteiger partial charge < -0.3 is 5.11 Å². The van der Waals surface area contributed by atoms with E-state index in [0.29, 0.717) is 17.9 Å². The second-order valence-electron chi connectivity index (χ2n) is 4.11. The van der Waals surface area contributed by atoms with Crippen LogP contribution in [0, 0.1) is 6.92 Å². The van der Waals surface area contributed by atoms with Crippen LogP contribution in [0.15, 0.2) is 6.20 Å². The molecule has 1 fully saturated rings. The van der Waals surface area contributed by atoms with Crippen molar-refractivity contribution in [3.63, 3.8) is 0 Å². The van der Waals surface area contributed by atoms with Gasteiger partial charge in [0.15, 0.2) is 5.69 Å². The average molecular weight is 221 g/mol. The van der Waals surface area contributed by atoms with Gasteiger partial charge in [0.2, 0.25) is 0 Å². The number of carboxylic acid groups (broad SMARTS) is 1. The molecule has 2 heterocycles. The van der Waals surface area contributed by atoms with E-state index in [4.69, 9.17) is 5.11 Å². The summed E-state index contributed by atoms with van der Waals surface area (Å²) in [5, 5.41) is 8.95. The van der Waals surface area contributed by atoms with E-state index < -0.39 is 5.97 Å². The van der Waals surface area contributed by atoms with Gasteiger partial charge in [0.1, 0.15) is 5.82 Å². The topological polar surface area (TPSA) is 66.3 Å². The maximum Gasteiger partial charge on any atom is 0.354 e. The predicted octanol–water partition coefficient (Wildman–Crippen LogP) is 1.08. The number of carbonyl (C=O) groups is 1. The third-order valence-corrected chi connectivity index (χ3v) is 2.79. The lowest BCUT2D eigenvalue weighted by Crippen LogP contribution is -2.21. The van der Waals surface area contributed by atoms with E-state index in [9.17, 15) is 4.79 Å². The van der Waals surface area contributed by atoms with Crippen molar-refractivity contribution in [1.29, 1.82) is 0 Å². The number of hydrogen-bond donors (Lipinski definition) is 1. The Morgan fingerprint density at radius 1 is 1.50 bits per heavy atom. The fourth-order valence-electron chi connectivity index (χ4n) is 1.91. The second-order valence-corrected chi connectivity index (χ2v) is 4.11. The maximum absolute atomic E-state index is 10.9. The number of aromatic carboxylic acids is 1. The molecule has 0 saturated carbocycles. The molecular weight excluding hydrogens is 206 g/mol. The number of carboxylic acids is 1. The summed E-state index contributed by atoms with van der Waals surface area (Å²) in [6.45, 7) is 4.48. The largest absolute Gasteiger partial charge is 0.477 e. The fourth-order valence-corrected chi connectivity index (χ4v) is 1.91. The number of nitrogens with zero attached hydrogens (tertiary/aromatic N) is 3. The van der Waals surface area contributed by atoms with Crippen LogP contribution in [-0.2, 0) is 6.54 Å². The summed E-state index contributed by atoms with van der Waals surface area (Å²) in [5.74, 6) is -0.382. The van der Waals surface area contributed by atoms with Gasteiger partial charge in [-0.1, -0.05) is 0 Å². The van der Waals surface area contributed by atoms with Gasteiger partial charge in [-0.05, 0) is 32.9 Å². The van der Waals surface area contributed by atoms with E-state index in [1.54, 1.807) is 13.1 Å². The van der Waals surface area contributed by atoms with E-state index >= 15 is 0 Å². The molecule has 5 heteroatoms. The minimum Gasteiger partial charge on any atom is -0.477 e. The van der Waals surface area contributed by atoms with E-state index in [2.05, 4.69) is 14.9 Å². The average Bonchev–Trinajstić information content (AvgIpc) is 2.73. The smallest absolute Gasteiger partial charge is 0.354 e. The van der Waals surface area contributed by atoms with Crippen LogP contribution in [0.1, 0.15) is 34.7 Å². The molecule has 2 rings (SSSR count). The van der Waals surface area contributed by atoms with E-state index in [1.807, 2.05) is 0 Å². The summed E-state index contributed by atoms with van der Waals surface area (Å²) in [4.78, 5) is 21.4. The zero-order chi connectivity index (χ0) is 11.5. The Morgan fingerprint density at radius 2 is 2.19 bits per heavy atom. The van der Waals surface area contributed by atoms with Crippen LogP contribution in [0.5, 0.6) is 0 Å². The Morgan fingerprint density at radius 3 is 2.81 bits per heavy atom. The van der Waals surface area contributed by atoms with Gasteiger partial charge in [0.25, 0.3) is 0 Å². The van der Waals surface area contributed by atoms with Crippen LogP contribution >= 0.6 is 0 Å². The fraction of sp³-hybridized carbons (Fsp3) is 0.545. The van der Waals surface area contributed by atoms with Crippen LogP contribution in [0.2, 0.25) is 0 Å². The summed E-state index contributed by atoms with van der Waals surface area (Å²) in [5.41, 5.74) is 0.724. The molecule has 1 aliphatic heterocycles. The van der Waals surface area contributed by atoms with Gasteiger partial charge in [0, 0.05) is 11.8 Å². The number of aryl methyl sites for hydroxylation is 1. The molecule has 0 amide bonds. The first kappa shape index (κ1) is 11.0. The molecule has 0 aromatic carbocycles. The summed E-state index contributed by atoms with van der Waals surface area (Å²) in [7, 11) is 0. The molecule has 0 spiro atoms. The molecule has 16 heavy (non-hydrogen) atoms. The van der Waals surface area contributed by atoms with Gasteiger partial charge in [-0.25, -0.2) is 14.8 Å². The molecule has 0 unspecified atom stereocenters. The van der Waals surface area contributed by atoms with Crippen molar-refractivity contribution in [3.8, 4) is 0 Å². The summed E-state index contributed by atoms with van der Waals surface area (Å²) >= 11 is 0. The first-order valence-corrected chi connectivity index (χ1v) is 5.45. The van der Waals surface area contributed by atoms with Crippen LogP contribution in [-0.4, -0.2) is 39.0 Å². The van der Waals surface area contributed by atoms with Crippen molar-refractivity contribution in [3.05, 3.63) is 23.3 Å². The van der Waals surface area contributed by atoms with Crippen molar-refractivity contribution >= 4 is 5.97 Å². The van der Waals surface area contributed by atoms with Crippen LogP contribution < -0.4 is 0 Å². The summed E-state index contributed by atoms with van der Waals surface area (Å²) in [6.07, 6.45) is 4.00. The molecular formula is C11H15N3O2. The van der Waals surface area contributed by atoms with Gasteiger partial charge in [-0.15, -0.1) is 0 Å². The second kappa shape index (κ2) is 4.57. The molecule has 1 aromatic heterocycles. The van der Waals surface area contributed by atoms with E-state index in [0.717, 1.165) is 13.1 Å². The SMILES string of the molecule is Cc1cnc(CN2CCCC2)nc1C(=O)O. The van der Waals surface area contributed by atoms with Crippen molar-refractivity contribution in [2.75, 3.05) is 13.1 Å². The van der Waals surface area contributed by atoms with E-state index in [1.165, 1.54) is 12.8 Å². The highest BCUT2D eigenvalue weighted by atomic mass is 16.4. The first-order valence-electron chi connectivity index (χ1n) is 5.45. The molecule has 1 aliphatic rings. The predicted molar refractivity (Wildman–Crippen MR) is 58.2 cm³/mol. The quantitative estimate of drug-likeness (QED) is 0.827. The summed E-state index contributed by atoms with van der Waals surface area (Å²) < 4.78 is 0. The van der Waals surface area contributed by atoms with Crippen molar-refractivity contribution < 1.29 is 9.90 Å². The Balaban J connectivity index is 2.15. The van der Waals surface area contributed by atoms with E-state index in [-0.39, 0.29) is 5.69 Å².